The molecule has 164 valence electrons. The summed E-state index contributed by atoms with van der Waals surface area (Å²) in [7, 11) is 0. The molecule has 0 saturated carbocycles. The van der Waals surface area contributed by atoms with Gasteiger partial charge in [0.1, 0.15) is 0 Å². The van der Waals surface area contributed by atoms with Gasteiger partial charge in [-0.2, -0.15) is 0 Å². The first-order chi connectivity index (χ1) is 16.3. The number of hydrogen-bond acceptors (Lipinski definition) is 5. The standard InChI is InChI=1S/C27H25N5S/c1-2-21-16-23(29-17-20-6-4-3-5-7-20)10-13-25(21)30-27-31-26(18-33-27)22-8-11-24(12-9-22)32-15-14-28-19-32/h3-16,18-19,29H,2,17H2,1H3,(H,30,31). The van der Waals surface area contributed by atoms with Gasteiger partial charge in [0.05, 0.1) is 12.0 Å². The SMILES string of the molecule is CCc1cc(NCc2ccccc2)ccc1Nc1nc(-c2ccc(-n3ccnc3)cc2)cs1. The maximum Gasteiger partial charge on any atom is 0.187 e. The molecular weight excluding hydrogens is 426 g/mol. The molecule has 0 aliphatic heterocycles. The van der Waals surface area contributed by atoms with Gasteiger partial charge in [-0.05, 0) is 47.9 Å². The van der Waals surface area contributed by atoms with E-state index in [-0.39, 0.29) is 0 Å². The van der Waals surface area contributed by atoms with Crippen LogP contribution in [-0.4, -0.2) is 14.5 Å². The minimum absolute atomic E-state index is 0.812. The van der Waals surface area contributed by atoms with Crippen molar-refractivity contribution in [3.8, 4) is 16.9 Å². The summed E-state index contributed by atoms with van der Waals surface area (Å²) >= 11 is 1.62. The van der Waals surface area contributed by atoms with Crippen LogP contribution in [0.2, 0.25) is 0 Å². The average molecular weight is 452 g/mol. The molecule has 0 unspecified atom stereocenters. The topological polar surface area (TPSA) is 54.8 Å². The van der Waals surface area contributed by atoms with Gasteiger partial charge in [0, 0.05) is 46.9 Å². The summed E-state index contributed by atoms with van der Waals surface area (Å²) in [5.41, 5.74) is 7.90. The molecule has 0 spiro atoms. The molecule has 33 heavy (non-hydrogen) atoms. The Morgan fingerprint density at radius 1 is 0.970 bits per heavy atom. The third-order valence-corrected chi connectivity index (χ3v) is 6.29. The zero-order valence-electron chi connectivity index (χ0n) is 18.4. The summed E-state index contributed by atoms with van der Waals surface area (Å²) in [6, 6.07) is 25.3. The summed E-state index contributed by atoms with van der Waals surface area (Å²) < 4.78 is 1.99. The predicted molar refractivity (Wildman–Crippen MR) is 138 cm³/mol. The van der Waals surface area contributed by atoms with Gasteiger partial charge in [-0.25, -0.2) is 9.97 Å². The maximum absolute atomic E-state index is 4.81. The fourth-order valence-corrected chi connectivity index (χ4v) is 4.45. The van der Waals surface area contributed by atoms with Crippen LogP contribution in [0.15, 0.2) is 96.9 Å². The van der Waals surface area contributed by atoms with Crippen LogP contribution in [0.4, 0.5) is 16.5 Å². The molecule has 2 N–H and O–H groups in total. The Morgan fingerprint density at radius 3 is 2.58 bits per heavy atom. The molecule has 5 nitrogen and oxygen atoms in total. The number of thiazole rings is 1. The molecule has 0 aliphatic rings. The number of benzene rings is 3. The quantitative estimate of drug-likeness (QED) is 0.269. The van der Waals surface area contributed by atoms with Crippen LogP contribution in [0, 0.1) is 0 Å². The van der Waals surface area contributed by atoms with Crippen molar-refractivity contribution in [3.05, 3.63) is 108 Å². The van der Waals surface area contributed by atoms with Crippen molar-refractivity contribution < 1.29 is 0 Å². The highest BCUT2D eigenvalue weighted by Crippen LogP contribution is 2.30. The van der Waals surface area contributed by atoms with Crippen LogP contribution in [0.1, 0.15) is 18.1 Å². The van der Waals surface area contributed by atoms with E-state index >= 15 is 0 Å². The molecule has 3 aromatic carbocycles. The second-order valence-electron chi connectivity index (χ2n) is 7.74. The number of anilines is 3. The minimum Gasteiger partial charge on any atom is -0.381 e. The van der Waals surface area contributed by atoms with Gasteiger partial charge < -0.3 is 15.2 Å². The van der Waals surface area contributed by atoms with E-state index in [0.717, 1.165) is 46.4 Å². The van der Waals surface area contributed by atoms with E-state index in [1.807, 2.05) is 16.8 Å². The number of rotatable bonds is 8. The molecule has 0 aliphatic carbocycles. The zero-order valence-corrected chi connectivity index (χ0v) is 19.2. The van der Waals surface area contributed by atoms with E-state index in [2.05, 4.69) is 94.7 Å². The van der Waals surface area contributed by atoms with E-state index in [0.29, 0.717) is 0 Å². The normalized spacial score (nSPS) is 10.8. The summed E-state index contributed by atoms with van der Waals surface area (Å²) in [6.45, 7) is 2.99. The van der Waals surface area contributed by atoms with Gasteiger partial charge in [0.2, 0.25) is 0 Å². The minimum atomic E-state index is 0.812. The molecule has 5 rings (SSSR count). The lowest BCUT2D eigenvalue weighted by Crippen LogP contribution is -2.01. The van der Waals surface area contributed by atoms with Crippen molar-refractivity contribution in [3.63, 3.8) is 0 Å². The van der Waals surface area contributed by atoms with Crippen LogP contribution in [0.5, 0.6) is 0 Å². The number of aromatic nitrogens is 3. The van der Waals surface area contributed by atoms with Crippen molar-refractivity contribution in [2.24, 2.45) is 0 Å². The maximum atomic E-state index is 4.81. The van der Waals surface area contributed by atoms with Crippen molar-refractivity contribution in [2.45, 2.75) is 19.9 Å². The third-order valence-electron chi connectivity index (χ3n) is 5.54. The molecule has 5 aromatic rings. The molecule has 6 heteroatoms. The monoisotopic (exact) mass is 451 g/mol. The van der Waals surface area contributed by atoms with E-state index in [1.165, 1.54) is 11.1 Å². The van der Waals surface area contributed by atoms with E-state index in [9.17, 15) is 0 Å². The van der Waals surface area contributed by atoms with Gasteiger partial charge in [-0.1, -0.05) is 49.4 Å². The third kappa shape index (κ3) is 4.96. The fraction of sp³-hybridized carbons (Fsp3) is 0.111. The Bertz CT molecular complexity index is 1310. The lowest BCUT2D eigenvalue weighted by Gasteiger charge is -2.13. The van der Waals surface area contributed by atoms with Crippen molar-refractivity contribution in [2.75, 3.05) is 10.6 Å². The summed E-state index contributed by atoms with van der Waals surface area (Å²) in [4.78, 5) is 8.92. The van der Waals surface area contributed by atoms with Gasteiger partial charge in [-0.3, -0.25) is 0 Å². The molecule has 0 amide bonds. The number of hydrogen-bond donors (Lipinski definition) is 2. The summed E-state index contributed by atoms with van der Waals surface area (Å²) in [6.07, 6.45) is 6.46. The fourth-order valence-electron chi connectivity index (χ4n) is 3.71. The smallest absolute Gasteiger partial charge is 0.187 e. The Kier molecular flexibility index (Phi) is 6.17. The van der Waals surface area contributed by atoms with E-state index in [4.69, 9.17) is 4.98 Å². The zero-order chi connectivity index (χ0) is 22.5. The van der Waals surface area contributed by atoms with Gasteiger partial charge in [0.25, 0.3) is 0 Å². The average Bonchev–Trinajstić information content (AvgIpc) is 3.57. The largest absolute Gasteiger partial charge is 0.381 e. The van der Waals surface area contributed by atoms with Crippen LogP contribution < -0.4 is 10.6 Å². The number of imidazole rings is 1. The summed E-state index contributed by atoms with van der Waals surface area (Å²) in [5.74, 6) is 0. The van der Waals surface area contributed by atoms with Gasteiger partial charge in [-0.15, -0.1) is 11.3 Å². The lowest BCUT2D eigenvalue weighted by atomic mass is 10.1. The first kappa shape index (κ1) is 21.0. The Hall–Kier alpha value is -3.90. The van der Waals surface area contributed by atoms with E-state index < -0.39 is 0 Å². The predicted octanol–water partition coefficient (Wildman–Crippen LogP) is 6.91. The Labute approximate surface area is 197 Å². The second-order valence-corrected chi connectivity index (χ2v) is 8.60. The first-order valence-corrected chi connectivity index (χ1v) is 11.9. The summed E-state index contributed by atoms with van der Waals surface area (Å²) in [5, 5.41) is 10.0. The molecule has 0 atom stereocenters. The highest BCUT2D eigenvalue weighted by Gasteiger charge is 2.08. The molecule has 0 bridgehead atoms. The van der Waals surface area contributed by atoms with Crippen LogP contribution in [-0.2, 0) is 13.0 Å². The number of aryl methyl sites for hydroxylation is 1. The highest BCUT2D eigenvalue weighted by molar-refractivity contribution is 7.14. The Morgan fingerprint density at radius 2 is 1.82 bits per heavy atom. The molecule has 0 saturated heterocycles. The number of nitrogens with zero attached hydrogens (tertiary/aromatic N) is 3. The van der Waals surface area contributed by atoms with Crippen molar-refractivity contribution >= 4 is 27.8 Å². The molecule has 0 fully saturated rings. The van der Waals surface area contributed by atoms with Crippen molar-refractivity contribution in [1.82, 2.24) is 14.5 Å². The van der Waals surface area contributed by atoms with Gasteiger partial charge >= 0.3 is 0 Å². The van der Waals surface area contributed by atoms with E-state index in [1.54, 1.807) is 23.9 Å². The number of nitrogens with one attached hydrogen (secondary N) is 2. The second kappa shape index (κ2) is 9.71. The molecule has 2 aromatic heterocycles. The highest BCUT2D eigenvalue weighted by atomic mass is 32.1. The van der Waals surface area contributed by atoms with Crippen molar-refractivity contribution in [1.29, 1.82) is 0 Å². The molecular formula is C27H25N5S. The molecule has 2 heterocycles. The van der Waals surface area contributed by atoms with Crippen LogP contribution >= 0.6 is 11.3 Å². The Balaban J connectivity index is 1.27. The lowest BCUT2D eigenvalue weighted by molar-refractivity contribution is 1.06. The van der Waals surface area contributed by atoms with Crippen LogP contribution in [0.25, 0.3) is 16.9 Å². The van der Waals surface area contributed by atoms with Crippen LogP contribution in [0.3, 0.4) is 0 Å². The molecule has 0 radical (unpaired) electrons. The van der Waals surface area contributed by atoms with Gasteiger partial charge in [0.15, 0.2) is 5.13 Å². The first-order valence-electron chi connectivity index (χ1n) is 11.0.